The lowest BCUT2D eigenvalue weighted by Crippen LogP contribution is -2.42. The third-order valence-electron chi connectivity index (χ3n) is 4.02. The molecular formula is C15H16F3N5OS. The zero-order chi connectivity index (χ0) is 18.6. The van der Waals surface area contributed by atoms with Crippen LogP contribution in [0.15, 0.2) is 4.99 Å². The number of thiocarbonyl (C=S) groups is 1. The Kier molecular flexibility index (Phi) is 5.79. The van der Waals surface area contributed by atoms with Crippen LogP contribution in [-0.4, -0.2) is 46.3 Å². The first-order chi connectivity index (χ1) is 11.8. The number of alkyl halides is 3. The average Bonchev–Trinajstić information content (AvgIpc) is 2.89. The quantitative estimate of drug-likeness (QED) is 0.490. The van der Waals surface area contributed by atoms with Crippen LogP contribution in [-0.2, 0) is 17.8 Å². The Balaban J connectivity index is 2.46. The van der Waals surface area contributed by atoms with Crippen molar-refractivity contribution < 1.29 is 18.0 Å². The minimum atomic E-state index is -4.91. The highest BCUT2D eigenvalue weighted by atomic mass is 32.1. The van der Waals surface area contributed by atoms with E-state index in [1.807, 2.05) is 6.07 Å². The van der Waals surface area contributed by atoms with Crippen molar-refractivity contribution in [3.63, 3.8) is 0 Å². The molecule has 0 fully saturated rings. The van der Waals surface area contributed by atoms with Crippen molar-refractivity contribution in [2.45, 2.75) is 32.0 Å². The van der Waals surface area contributed by atoms with E-state index in [4.69, 9.17) is 18.0 Å². The van der Waals surface area contributed by atoms with Gasteiger partial charge in [0.15, 0.2) is 0 Å². The first kappa shape index (κ1) is 18.9. The Morgan fingerprint density at radius 3 is 2.56 bits per heavy atom. The van der Waals surface area contributed by atoms with Crippen LogP contribution < -0.4 is 5.73 Å². The number of carbonyl (C=O) groups is 1. The van der Waals surface area contributed by atoms with Crippen LogP contribution in [0.25, 0.3) is 0 Å². The van der Waals surface area contributed by atoms with Gasteiger partial charge in [0.05, 0.1) is 17.6 Å². The smallest absolute Gasteiger partial charge is 0.390 e. The monoisotopic (exact) mass is 371 g/mol. The number of nitriles is 1. The lowest BCUT2D eigenvalue weighted by atomic mass is 10.1. The van der Waals surface area contributed by atoms with Crippen LogP contribution in [0.4, 0.5) is 18.9 Å². The van der Waals surface area contributed by atoms with E-state index in [1.54, 1.807) is 4.57 Å². The fraction of sp³-hybridized carbons (Fsp3) is 0.467. The number of amides is 1. The molecule has 10 heteroatoms. The molecule has 25 heavy (non-hydrogen) atoms. The largest absolute Gasteiger partial charge is 0.471 e. The van der Waals surface area contributed by atoms with Crippen LogP contribution in [0.1, 0.15) is 29.8 Å². The number of aliphatic imine (C=N–C) groups is 1. The van der Waals surface area contributed by atoms with Gasteiger partial charge < -0.3 is 15.2 Å². The molecule has 2 rings (SSSR count). The molecule has 0 radical (unpaired) electrons. The van der Waals surface area contributed by atoms with Crippen molar-refractivity contribution >= 4 is 35.5 Å². The summed E-state index contributed by atoms with van der Waals surface area (Å²) in [7, 11) is 0. The Bertz CT molecular complexity index is 748. The lowest BCUT2D eigenvalue weighted by Gasteiger charge is -2.22. The van der Waals surface area contributed by atoms with Gasteiger partial charge in [-0.25, -0.2) is 4.99 Å². The van der Waals surface area contributed by atoms with Crippen molar-refractivity contribution in [2.75, 3.05) is 13.1 Å². The Hall–Kier alpha value is -2.41. The summed E-state index contributed by atoms with van der Waals surface area (Å²) in [5.41, 5.74) is 6.90. The molecule has 1 aliphatic rings. The van der Waals surface area contributed by atoms with E-state index in [0.29, 0.717) is 36.5 Å². The first-order valence-corrected chi connectivity index (χ1v) is 8.03. The summed E-state index contributed by atoms with van der Waals surface area (Å²) in [6.45, 7) is 0.353. The van der Waals surface area contributed by atoms with E-state index in [9.17, 15) is 23.2 Å². The van der Waals surface area contributed by atoms with Crippen molar-refractivity contribution in [1.29, 1.82) is 5.26 Å². The molecule has 1 aliphatic heterocycles. The zero-order valence-electron chi connectivity index (χ0n) is 13.2. The highest BCUT2D eigenvalue weighted by Crippen LogP contribution is 2.31. The minimum absolute atomic E-state index is 0.0196. The third kappa shape index (κ3) is 3.82. The van der Waals surface area contributed by atoms with Crippen molar-refractivity contribution in [3.8, 4) is 6.07 Å². The molecule has 0 aromatic carbocycles. The fourth-order valence-electron chi connectivity index (χ4n) is 2.94. The van der Waals surface area contributed by atoms with Crippen LogP contribution in [0, 0.1) is 11.3 Å². The number of hydrogen-bond donors (Lipinski definition) is 1. The summed E-state index contributed by atoms with van der Waals surface area (Å²) >= 11 is 5.01. The summed E-state index contributed by atoms with van der Waals surface area (Å²) in [6.07, 6.45) is -2.83. The van der Waals surface area contributed by atoms with Crippen molar-refractivity contribution in [3.05, 3.63) is 17.0 Å². The van der Waals surface area contributed by atoms with Gasteiger partial charge in [-0.1, -0.05) is 12.2 Å². The van der Waals surface area contributed by atoms with Crippen LogP contribution >= 0.6 is 12.2 Å². The van der Waals surface area contributed by atoms with Crippen LogP contribution in [0.3, 0.4) is 0 Å². The molecule has 134 valence electrons. The number of nitrogens with zero attached hydrogens (tertiary/aromatic N) is 4. The summed E-state index contributed by atoms with van der Waals surface area (Å²) in [4.78, 5) is 16.3. The molecule has 1 aromatic rings. The molecule has 2 heterocycles. The van der Waals surface area contributed by atoms with Crippen LogP contribution in [0.2, 0.25) is 0 Å². The lowest BCUT2D eigenvalue weighted by molar-refractivity contribution is -0.185. The van der Waals surface area contributed by atoms with Gasteiger partial charge in [0.2, 0.25) is 0 Å². The molecule has 0 atom stereocenters. The molecule has 0 saturated carbocycles. The van der Waals surface area contributed by atoms with Gasteiger partial charge >= 0.3 is 12.1 Å². The van der Waals surface area contributed by atoms with Gasteiger partial charge in [0, 0.05) is 37.1 Å². The van der Waals surface area contributed by atoms with Gasteiger partial charge in [-0.2, -0.15) is 18.4 Å². The van der Waals surface area contributed by atoms with Gasteiger partial charge in [0.25, 0.3) is 0 Å². The summed E-state index contributed by atoms with van der Waals surface area (Å²) in [5, 5.41) is 10.8. The number of rotatable bonds is 2. The second-order valence-corrected chi connectivity index (χ2v) is 5.70. The van der Waals surface area contributed by atoms with Gasteiger partial charge in [-0.15, -0.1) is 0 Å². The third-order valence-corrected chi connectivity index (χ3v) is 4.24. The van der Waals surface area contributed by atoms with E-state index in [0.717, 1.165) is 11.2 Å². The topological polar surface area (TPSA) is 87.4 Å². The Morgan fingerprint density at radius 1 is 1.32 bits per heavy atom. The van der Waals surface area contributed by atoms with Gasteiger partial charge in [-0.3, -0.25) is 4.79 Å². The van der Waals surface area contributed by atoms with Gasteiger partial charge in [-0.05, 0) is 12.8 Å². The molecule has 0 bridgehead atoms. The normalized spacial score (nSPS) is 15.8. The van der Waals surface area contributed by atoms with Crippen molar-refractivity contribution in [2.24, 2.45) is 10.7 Å². The predicted octanol–water partition coefficient (Wildman–Crippen LogP) is 2.05. The minimum Gasteiger partial charge on any atom is -0.390 e. The van der Waals surface area contributed by atoms with E-state index in [2.05, 4.69) is 4.99 Å². The Morgan fingerprint density at radius 2 is 2.00 bits per heavy atom. The van der Waals surface area contributed by atoms with E-state index in [1.165, 1.54) is 5.37 Å². The molecule has 1 aromatic heterocycles. The van der Waals surface area contributed by atoms with E-state index < -0.39 is 12.1 Å². The SMILES string of the molecule is N#Cc1c(N=CN)c(C=S)n2c1CCN(C(=O)C(F)(F)F)CCCC2. The molecule has 0 spiro atoms. The summed E-state index contributed by atoms with van der Waals surface area (Å²) in [6, 6.07) is 2.02. The molecule has 6 nitrogen and oxygen atoms in total. The Labute approximate surface area is 147 Å². The maximum atomic E-state index is 12.7. The van der Waals surface area contributed by atoms with Crippen LogP contribution in [0.5, 0.6) is 0 Å². The molecule has 1 amide bonds. The number of fused-ring (bicyclic) bond motifs is 1. The number of hydrogen-bond acceptors (Lipinski definition) is 4. The predicted molar refractivity (Wildman–Crippen MR) is 89.8 cm³/mol. The maximum absolute atomic E-state index is 12.7. The number of carbonyl (C=O) groups excluding carboxylic acids is 1. The first-order valence-electron chi connectivity index (χ1n) is 7.56. The number of nitrogens with two attached hydrogens (primary N) is 1. The summed E-state index contributed by atoms with van der Waals surface area (Å²) in [5.74, 6) is -1.86. The molecule has 0 saturated heterocycles. The maximum Gasteiger partial charge on any atom is 0.471 e. The molecule has 0 unspecified atom stereocenters. The fourth-order valence-corrected chi connectivity index (χ4v) is 3.18. The highest BCUT2D eigenvalue weighted by molar-refractivity contribution is 7.79. The van der Waals surface area contributed by atoms with E-state index >= 15 is 0 Å². The highest BCUT2D eigenvalue weighted by Gasteiger charge is 2.42. The second-order valence-electron chi connectivity index (χ2n) is 5.46. The number of halogens is 3. The van der Waals surface area contributed by atoms with E-state index in [-0.39, 0.29) is 25.1 Å². The molecule has 2 N–H and O–H groups in total. The average molecular weight is 371 g/mol. The second kappa shape index (κ2) is 7.65. The van der Waals surface area contributed by atoms with Crippen molar-refractivity contribution in [1.82, 2.24) is 9.47 Å². The molecular weight excluding hydrogens is 355 g/mol. The summed E-state index contributed by atoms with van der Waals surface area (Å²) < 4.78 is 40.0. The molecule has 0 aliphatic carbocycles. The number of aromatic nitrogens is 1. The zero-order valence-corrected chi connectivity index (χ0v) is 14.0. The van der Waals surface area contributed by atoms with Gasteiger partial charge in [0.1, 0.15) is 11.8 Å². The standard InChI is InChI=1S/C15H16F3N5OS/c16-15(17,18)14(24)22-4-1-2-5-23-11(3-6-22)10(7-19)13(21-9-20)12(23)8-25/h8-9H,1-6H2,(H2,20,21).